The number of nitrogens with zero attached hydrogens (tertiary/aromatic N) is 2. The molecule has 14 heavy (non-hydrogen) atoms. The first-order chi connectivity index (χ1) is 6.81. The van der Waals surface area contributed by atoms with Crippen LogP contribution in [0.15, 0.2) is 29.1 Å². The van der Waals surface area contributed by atoms with Gasteiger partial charge in [-0.25, -0.2) is 0 Å². The third-order valence-corrected chi connectivity index (χ3v) is 2.25. The molecule has 0 saturated heterocycles. The summed E-state index contributed by atoms with van der Waals surface area (Å²) in [7, 11) is 0. The maximum atomic E-state index is 4.88. The molecule has 3 nitrogen and oxygen atoms in total. The zero-order valence-electron chi connectivity index (χ0n) is 8.32. The summed E-state index contributed by atoms with van der Waals surface area (Å²) in [5, 5.41) is 3.83. The minimum absolute atomic E-state index is 0.899. The molecule has 0 spiro atoms. The van der Waals surface area contributed by atoms with Gasteiger partial charge in [-0.2, -0.15) is 0 Å². The molecule has 0 radical (unpaired) electrons. The molecular weight excluding hydrogens is 176 g/mol. The Morgan fingerprint density at radius 1 is 1.36 bits per heavy atom. The second kappa shape index (κ2) is 3.62. The first-order valence-corrected chi connectivity index (χ1v) is 4.67. The Kier molecular flexibility index (Phi) is 2.31. The van der Waals surface area contributed by atoms with Gasteiger partial charge in [-0.3, -0.25) is 4.98 Å². The SMILES string of the molecule is CCc1ccc(-c2conc2C)cn1. The van der Waals surface area contributed by atoms with Crippen LogP contribution >= 0.6 is 0 Å². The van der Waals surface area contributed by atoms with Crippen molar-refractivity contribution in [2.24, 2.45) is 0 Å². The van der Waals surface area contributed by atoms with E-state index in [-0.39, 0.29) is 0 Å². The summed E-state index contributed by atoms with van der Waals surface area (Å²) in [4.78, 5) is 4.32. The van der Waals surface area contributed by atoms with E-state index in [4.69, 9.17) is 4.52 Å². The van der Waals surface area contributed by atoms with E-state index in [1.165, 1.54) is 0 Å². The molecular formula is C11H12N2O. The van der Waals surface area contributed by atoms with Crippen molar-refractivity contribution >= 4 is 0 Å². The fourth-order valence-electron chi connectivity index (χ4n) is 1.36. The van der Waals surface area contributed by atoms with Crippen LogP contribution in [0.2, 0.25) is 0 Å². The maximum absolute atomic E-state index is 4.88. The molecule has 2 heterocycles. The molecule has 0 aliphatic carbocycles. The molecule has 0 aliphatic heterocycles. The smallest absolute Gasteiger partial charge is 0.131 e. The zero-order valence-corrected chi connectivity index (χ0v) is 8.32. The zero-order chi connectivity index (χ0) is 9.97. The van der Waals surface area contributed by atoms with E-state index in [2.05, 4.69) is 17.1 Å². The van der Waals surface area contributed by atoms with Crippen LogP contribution in [-0.4, -0.2) is 10.1 Å². The van der Waals surface area contributed by atoms with E-state index in [9.17, 15) is 0 Å². The van der Waals surface area contributed by atoms with Gasteiger partial charge in [0.15, 0.2) is 0 Å². The van der Waals surface area contributed by atoms with Crippen LogP contribution in [-0.2, 0) is 6.42 Å². The highest BCUT2D eigenvalue weighted by Gasteiger charge is 2.05. The summed E-state index contributed by atoms with van der Waals surface area (Å²) in [5.74, 6) is 0. The highest BCUT2D eigenvalue weighted by molar-refractivity contribution is 5.63. The summed E-state index contributed by atoms with van der Waals surface area (Å²) in [5.41, 5.74) is 4.07. The Hall–Kier alpha value is -1.64. The number of hydrogen-bond donors (Lipinski definition) is 0. The maximum Gasteiger partial charge on any atom is 0.131 e. The summed E-state index contributed by atoms with van der Waals surface area (Å²) in [6.45, 7) is 4.01. The monoisotopic (exact) mass is 188 g/mol. The van der Waals surface area contributed by atoms with Crippen LogP contribution in [0.4, 0.5) is 0 Å². The van der Waals surface area contributed by atoms with Crippen molar-refractivity contribution in [2.75, 3.05) is 0 Å². The van der Waals surface area contributed by atoms with Crippen molar-refractivity contribution < 1.29 is 4.52 Å². The van der Waals surface area contributed by atoms with Crippen molar-refractivity contribution in [3.63, 3.8) is 0 Å². The number of rotatable bonds is 2. The van der Waals surface area contributed by atoms with E-state index in [0.717, 1.165) is 28.9 Å². The lowest BCUT2D eigenvalue weighted by atomic mass is 10.1. The van der Waals surface area contributed by atoms with E-state index in [1.807, 2.05) is 25.3 Å². The molecule has 0 bridgehead atoms. The Morgan fingerprint density at radius 3 is 2.71 bits per heavy atom. The van der Waals surface area contributed by atoms with E-state index in [0.29, 0.717) is 0 Å². The fourth-order valence-corrected chi connectivity index (χ4v) is 1.36. The van der Waals surface area contributed by atoms with E-state index < -0.39 is 0 Å². The highest BCUT2D eigenvalue weighted by atomic mass is 16.5. The second-order valence-corrected chi connectivity index (χ2v) is 3.21. The molecule has 0 saturated carbocycles. The van der Waals surface area contributed by atoms with Crippen molar-refractivity contribution in [2.45, 2.75) is 20.3 Å². The molecule has 0 aromatic carbocycles. The van der Waals surface area contributed by atoms with Crippen LogP contribution in [0.1, 0.15) is 18.3 Å². The molecule has 72 valence electrons. The molecule has 0 N–H and O–H groups in total. The minimum atomic E-state index is 0.899. The summed E-state index contributed by atoms with van der Waals surface area (Å²) in [6, 6.07) is 4.08. The Bertz CT molecular complexity index is 417. The molecule has 0 atom stereocenters. The lowest BCUT2D eigenvalue weighted by Gasteiger charge is -1.99. The Labute approximate surface area is 82.8 Å². The van der Waals surface area contributed by atoms with Crippen molar-refractivity contribution in [1.82, 2.24) is 10.1 Å². The number of aromatic nitrogens is 2. The number of hydrogen-bond acceptors (Lipinski definition) is 3. The first kappa shape index (κ1) is 8.94. The van der Waals surface area contributed by atoms with Gasteiger partial charge in [0.2, 0.25) is 0 Å². The predicted octanol–water partition coefficient (Wildman–Crippen LogP) is 2.61. The molecule has 0 fully saturated rings. The van der Waals surface area contributed by atoms with Gasteiger partial charge in [0.05, 0.1) is 5.69 Å². The van der Waals surface area contributed by atoms with Gasteiger partial charge >= 0.3 is 0 Å². The number of pyridine rings is 1. The Balaban J connectivity index is 2.39. The molecule has 0 unspecified atom stereocenters. The van der Waals surface area contributed by atoms with Gasteiger partial charge in [-0.1, -0.05) is 18.1 Å². The molecule has 2 aromatic rings. The summed E-state index contributed by atoms with van der Waals surface area (Å²) >= 11 is 0. The van der Waals surface area contributed by atoms with Crippen LogP contribution in [0, 0.1) is 6.92 Å². The van der Waals surface area contributed by atoms with Gasteiger partial charge in [0.25, 0.3) is 0 Å². The molecule has 2 aromatic heterocycles. The Morgan fingerprint density at radius 2 is 2.21 bits per heavy atom. The summed E-state index contributed by atoms with van der Waals surface area (Å²) < 4.78 is 4.88. The van der Waals surface area contributed by atoms with Gasteiger partial charge in [0.1, 0.15) is 6.26 Å². The van der Waals surface area contributed by atoms with Crippen LogP contribution < -0.4 is 0 Å². The molecule has 0 amide bonds. The lowest BCUT2D eigenvalue weighted by molar-refractivity contribution is 0.415. The average molecular weight is 188 g/mol. The van der Waals surface area contributed by atoms with Crippen LogP contribution in [0.3, 0.4) is 0 Å². The van der Waals surface area contributed by atoms with Gasteiger partial charge in [-0.05, 0) is 19.4 Å². The third-order valence-electron chi connectivity index (χ3n) is 2.25. The topological polar surface area (TPSA) is 38.9 Å². The van der Waals surface area contributed by atoms with Crippen LogP contribution in [0.25, 0.3) is 11.1 Å². The lowest BCUT2D eigenvalue weighted by Crippen LogP contribution is -1.87. The molecule has 2 rings (SSSR count). The van der Waals surface area contributed by atoms with Crippen molar-refractivity contribution in [3.8, 4) is 11.1 Å². The normalized spacial score (nSPS) is 10.4. The van der Waals surface area contributed by atoms with Gasteiger partial charge in [-0.15, -0.1) is 0 Å². The summed E-state index contributed by atoms with van der Waals surface area (Å²) in [6.07, 6.45) is 4.47. The van der Waals surface area contributed by atoms with E-state index >= 15 is 0 Å². The minimum Gasteiger partial charge on any atom is -0.364 e. The largest absolute Gasteiger partial charge is 0.364 e. The fraction of sp³-hybridized carbons (Fsp3) is 0.273. The molecule has 3 heteroatoms. The first-order valence-electron chi connectivity index (χ1n) is 4.67. The van der Waals surface area contributed by atoms with Gasteiger partial charge < -0.3 is 4.52 Å². The standard InChI is InChI=1S/C11H12N2O/c1-3-10-5-4-9(6-12-10)11-7-14-13-8(11)2/h4-7H,3H2,1-2H3. The average Bonchev–Trinajstić information content (AvgIpc) is 2.65. The number of aryl methyl sites for hydroxylation is 2. The van der Waals surface area contributed by atoms with E-state index in [1.54, 1.807) is 6.26 Å². The predicted molar refractivity (Wildman–Crippen MR) is 53.8 cm³/mol. The van der Waals surface area contributed by atoms with Crippen molar-refractivity contribution in [3.05, 3.63) is 36.0 Å². The van der Waals surface area contributed by atoms with Gasteiger partial charge in [0, 0.05) is 23.0 Å². The second-order valence-electron chi connectivity index (χ2n) is 3.21. The molecule has 0 aliphatic rings. The third kappa shape index (κ3) is 1.53. The van der Waals surface area contributed by atoms with Crippen molar-refractivity contribution in [1.29, 1.82) is 0 Å². The van der Waals surface area contributed by atoms with Crippen LogP contribution in [0.5, 0.6) is 0 Å². The quantitative estimate of drug-likeness (QED) is 0.727. The highest BCUT2D eigenvalue weighted by Crippen LogP contribution is 2.21.